The molecule has 0 amide bonds. The van der Waals surface area contributed by atoms with Crippen LogP contribution in [0.25, 0.3) is 0 Å². The minimum absolute atomic E-state index is 0.0138. The molecule has 0 saturated carbocycles. The van der Waals surface area contributed by atoms with Crippen LogP contribution in [0.15, 0.2) is 22.8 Å². The summed E-state index contributed by atoms with van der Waals surface area (Å²) in [5.74, 6) is 0. The van der Waals surface area contributed by atoms with Crippen LogP contribution in [0.4, 0.5) is 0 Å². The molecule has 0 atom stereocenters. The molecule has 2 aromatic heterocycles. The molecule has 6 nitrogen and oxygen atoms in total. The van der Waals surface area contributed by atoms with E-state index in [0.29, 0.717) is 0 Å². The highest BCUT2D eigenvalue weighted by Crippen LogP contribution is 2.19. The smallest absolute Gasteiger partial charge is 0.246 e. The molecule has 0 radical (unpaired) electrons. The Hall–Kier alpha value is -1.09. The molecule has 2 rings (SSSR count). The van der Waals surface area contributed by atoms with Crippen molar-refractivity contribution in [1.29, 1.82) is 0 Å². The van der Waals surface area contributed by atoms with Gasteiger partial charge in [0.1, 0.15) is 4.90 Å². The van der Waals surface area contributed by atoms with Gasteiger partial charge in [0.15, 0.2) is 0 Å². The maximum atomic E-state index is 12.3. The molecule has 9 heteroatoms. The van der Waals surface area contributed by atoms with Gasteiger partial charge in [-0.3, -0.25) is 0 Å². The first-order valence-corrected chi connectivity index (χ1v) is 7.94. The van der Waals surface area contributed by atoms with Crippen molar-refractivity contribution in [3.05, 3.63) is 33.8 Å². The predicted molar refractivity (Wildman–Crippen MR) is 72.5 cm³/mol. The number of nitrogens with zero attached hydrogens (tertiary/aromatic N) is 4. The summed E-state index contributed by atoms with van der Waals surface area (Å²) in [7, 11) is -2.12. The number of thiazole rings is 1. The van der Waals surface area contributed by atoms with E-state index in [2.05, 4.69) is 15.0 Å². The van der Waals surface area contributed by atoms with Gasteiger partial charge in [0.25, 0.3) is 0 Å². The van der Waals surface area contributed by atoms with Crippen LogP contribution in [-0.4, -0.2) is 34.7 Å². The fraction of sp³-hybridized carbons (Fsp3) is 0.300. The van der Waals surface area contributed by atoms with Gasteiger partial charge in [0.05, 0.1) is 23.6 Å². The Labute approximate surface area is 120 Å². The van der Waals surface area contributed by atoms with Gasteiger partial charge >= 0.3 is 0 Å². The van der Waals surface area contributed by atoms with E-state index in [0.717, 1.165) is 10.6 Å². The van der Waals surface area contributed by atoms with Crippen LogP contribution in [0, 0.1) is 6.92 Å². The zero-order chi connectivity index (χ0) is 14.0. The maximum absolute atomic E-state index is 12.3. The number of hydrogen-bond donors (Lipinski definition) is 0. The van der Waals surface area contributed by atoms with Gasteiger partial charge in [-0.25, -0.2) is 23.4 Å². The third-order valence-corrected chi connectivity index (χ3v) is 5.39. The second-order valence-corrected chi connectivity index (χ2v) is 7.13. The Morgan fingerprint density at radius 3 is 2.47 bits per heavy atom. The van der Waals surface area contributed by atoms with Crippen molar-refractivity contribution in [1.82, 2.24) is 19.3 Å². The van der Waals surface area contributed by atoms with Crippen LogP contribution in [0.2, 0.25) is 5.28 Å². The molecule has 0 saturated heterocycles. The molecular weight excluding hydrogens is 308 g/mol. The largest absolute Gasteiger partial charge is 0.250 e. The van der Waals surface area contributed by atoms with Gasteiger partial charge in [-0.1, -0.05) is 0 Å². The Bertz CT molecular complexity index is 669. The minimum Gasteiger partial charge on any atom is -0.250 e. The van der Waals surface area contributed by atoms with Crippen LogP contribution < -0.4 is 0 Å². The van der Waals surface area contributed by atoms with Crippen molar-refractivity contribution in [2.75, 3.05) is 7.05 Å². The second kappa shape index (κ2) is 5.49. The molecular formula is C10H11ClN4O2S2. The van der Waals surface area contributed by atoms with Gasteiger partial charge in [-0.2, -0.15) is 4.31 Å². The molecule has 2 heterocycles. The lowest BCUT2D eigenvalue weighted by molar-refractivity contribution is 0.468. The Morgan fingerprint density at radius 1 is 1.32 bits per heavy atom. The van der Waals surface area contributed by atoms with E-state index in [4.69, 9.17) is 11.6 Å². The Morgan fingerprint density at radius 2 is 1.95 bits per heavy atom. The first-order valence-electron chi connectivity index (χ1n) is 5.24. The third kappa shape index (κ3) is 3.08. The zero-order valence-electron chi connectivity index (χ0n) is 10.2. The lowest BCUT2D eigenvalue weighted by atomic mass is 10.4. The van der Waals surface area contributed by atoms with E-state index in [-0.39, 0.29) is 16.7 Å². The van der Waals surface area contributed by atoms with Gasteiger partial charge in [-0.05, 0) is 18.5 Å². The fourth-order valence-electron chi connectivity index (χ4n) is 1.38. The number of halogens is 1. The summed E-state index contributed by atoms with van der Waals surface area (Å²) in [4.78, 5) is 12.4. The highest BCUT2D eigenvalue weighted by atomic mass is 35.5. The molecule has 0 spiro atoms. The summed E-state index contributed by atoms with van der Waals surface area (Å²) in [5.41, 5.74) is 2.52. The van der Waals surface area contributed by atoms with Crippen molar-refractivity contribution in [2.45, 2.75) is 18.4 Å². The van der Waals surface area contributed by atoms with Crippen molar-refractivity contribution in [3.8, 4) is 0 Å². The maximum Gasteiger partial charge on any atom is 0.246 e. The first-order chi connectivity index (χ1) is 8.91. The Kier molecular flexibility index (Phi) is 4.14. The van der Waals surface area contributed by atoms with Crippen LogP contribution in [0.1, 0.15) is 10.6 Å². The number of aromatic nitrogens is 3. The number of rotatable bonds is 4. The molecule has 0 aromatic carbocycles. The molecule has 0 aliphatic carbocycles. The average Bonchev–Trinajstić information content (AvgIpc) is 2.75. The zero-order valence-corrected chi connectivity index (χ0v) is 12.6. The quantitative estimate of drug-likeness (QED) is 0.802. The molecule has 19 heavy (non-hydrogen) atoms. The van der Waals surface area contributed by atoms with Gasteiger partial charge in [0.2, 0.25) is 15.3 Å². The van der Waals surface area contributed by atoms with Crippen LogP contribution in [0.3, 0.4) is 0 Å². The highest BCUT2D eigenvalue weighted by molar-refractivity contribution is 7.89. The molecule has 0 aliphatic rings. The van der Waals surface area contributed by atoms with E-state index >= 15 is 0 Å². The second-order valence-electron chi connectivity index (χ2n) is 3.81. The molecule has 0 fully saturated rings. The van der Waals surface area contributed by atoms with Gasteiger partial charge < -0.3 is 0 Å². The molecule has 0 bridgehead atoms. The predicted octanol–water partition coefficient (Wildman–Crippen LogP) is 1.72. The monoisotopic (exact) mass is 318 g/mol. The van der Waals surface area contributed by atoms with Crippen molar-refractivity contribution in [2.24, 2.45) is 0 Å². The molecule has 0 unspecified atom stereocenters. The van der Waals surface area contributed by atoms with Crippen LogP contribution >= 0.6 is 22.9 Å². The lowest BCUT2D eigenvalue weighted by Crippen LogP contribution is -2.26. The van der Waals surface area contributed by atoms with E-state index in [1.165, 1.54) is 35.1 Å². The van der Waals surface area contributed by atoms with Crippen LogP contribution in [0.5, 0.6) is 0 Å². The SMILES string of the molecule is Cc1ncsc1CN(C)S(=O)(=O)c1cnc(Cl)nc1. The fourth-order valence-corrected chi connectivity index (χ4v) is 3.42. The first kappa shape index (κ1) is 14.3. The summed E-state index contributed by atoms with van der Waals surface area (Å²) >= 11 is 6.96. The minimum atomic E-state index is -3.62. The summed E-state index contributed by atoms with van der Waals surface area (Å²) in [6.07, 6.45) is 2.39. The molecule has 0 aliphatic heterocycles. The number of hydrogen-bond acceptors (Lipinski definition) is 6. The average molecular weight is 319 g/mol. The summed E-state index contributed by atoms with van der Waals surface area (Å²) < 4.78 is 25.8. The summed E-state index contributed by atoms with van der Waals surface area (Å²) in [5, 5.41) is 0.0138. The summed E-state index contributed by atoms with van der Waals surface area (Å²) in [6, 6.07) is 0. The van der Waals surface area contributed by atoms with Gasteiger partial charge in [0, 0.05) is 18.5 Å². The normalized spacial score (nSPS) is 12.0. The summed E-state index contributed by atoms with van der Waals surface area (Å²) in [6.45, 7) is 2.11. The third-order valence-electron chi connectivity index (χ3n) is 2.52. The Balaban J connectivity index is 2.24. The van der Waals surface area contributed by atoms with E-state index in [1.54, 1.807) is 5.51 Å². The topological polar surface area (TPSA) is 76.1 Å². The standard InChI is InChI=1S/C10H11ClN4O2S2/c1-7-9(18-6-14-7)5-15(2)19(16,17)8-3-12-10(11)13-4-8/h3-4,6H,5H2,1-2H3. The van der Waals surface area contributed by atoms with Gasteiger partial charge in [-0.15, -0.1) is 11.3 Å². The molecule has 0 N–H and O–H groups in total. The lowest BCUT2D eigenvalue weighted by Gasteiger charge is -2.16. The van der Waals surface area contributed by atoms with Crippen molar-refractivity contribution in [3.63, 3.8) is 0 Å². The molecule has 2 aromatic rings. The van der Waals surface area contributed by atoms with E-state index in [9.17, 15) is 8.42 Å². The van der Waals surface area contributed by atoms with Crippen LogP contribution in [-0.2, 0) is 16.6 Å². The van der Waals surface area contributed by atoms with E-state index in [1.807, 2.05) is 6.92 Å². The van der Waals surface area contributed by atoms with Crippen molar-refractivity contribution < 1.29 is 8.42 Å². The molecule has 102 valence electrons. The number of sulfonamides is 1. The highest BCUT2D eigenvalue weighted by Gasteiger charge is 2.22. The van der Waals surface area contributed by atoms with Crippen molar-refractivity contribution >= 4 is 33.0 Å². The van der Waals surface area contributed by atoms with E-state index < -0.39 is 10.0 Å². The number of aryl methyl sites for hydroxylation is 1.